The van der Waals surface area contributed by atoms with E-state index in [0.29, 0.717) is 11.4 Å². The van der Waals surface area contributed by atoms with E-state index >= 15 is 0 Å². The second-order valence-electron chi connectivity index (χ2n) is 5.34. The monoisotopic (exact) mass is 327 g/mol. The standard InChI is InChI=1S/C18H21N3O3/c1-12(18(23)21-16-8-10-17(24-3)11-9-16)19-14-4-6-15(7-5-14)20-13(2)22/h4-12,19H,1-3H3,(H,20,22)(H,21,23). The second kappa shape index (κ2) is 8.01. The predicted octanol–water partition coefficient (Wildman–Crippen LogP) is 3.09. The summed E-state index contributed by atoms with van der Waals surface area (Å²) in [5.41, 5.74) is 2.21. The molecule has 2 aromatic carbocycles. The van der Waals surface area contributed by atoms with Crippen molar-refractivity contribution in [2.24, 2.45) is 0 Å². The van der Waals surface area contributed by atoms with Gasteiger partial charge in [0.1, 0.15) is 11.8 Å². The molecule has 0 bridgehead atoms. The summed E-state index contributed by atoms with van der Waals surface area (Å²) in [6.45, 7) is 3.23. The number of nitrogens with one attached hydrogen (secondary N) is 3. The van der Waals surface area contributed by atoms with Crippen LogP contribution in [0.4, 0.5) is 17.1 Å². The minimum atomic E-state index is -0.418. The number of hydrogen-bond donors (Lipinski definition) is 3. The fourth-order valence-electron chi connectivity index (χ4n) is 2.09. The molecular weight excluding hydrogens is 306 g/mol. The summed E-state index contributed by atoms with van der Waals surface area (Å²) < 4.78 is 5.08. The minimum Gasteiger partial charge on any atom is -0.497 e. The molecule has 0 saturated carbocycles. The van der Waals surface area contributed by atoms with Gasteiger partial charge in [-0.25, -0.2) is 0 Å². The highest BCUT2D eigenvalue weighted by Gasteiger charge is 2.12. The minimum absolute atomic E-state index is 0.122. The normalized spacial score (nSPS) is 11.3. The van der Waals surface area contributed by atoms with Crippen LogP contribution in [0, 0.1) is 0 Å². The highest BCUT2D eigenvalue weighted by Crippen LogP contribution is 2.17. The van der Waals surface area contributed by atoms with E-state index in [-0.39, 0.29) is 11.8 Å². The number of rotatable bonds is 6. The van der Waals surface area contributed by atoms with Crippen LogP contribution in [0.3, 0.4) is 0 Å². The van der Waals surface area contributed by atoms with E-state index in [1.54, 1.807) is 50.4 Å². The zero-order valence-electron chi connectivity index (χ0n) is 13.9. The van der Waals surface area contributed by atoms with E-state index in [4.69, 9.17) is 4.74 Å². The summed E-state index contributed by atoms with van der Waals surface area (Å²) in [5.74, 6) is 0.465. The molecule has 0 aliphatic rings. The number of carbonyl (C=O) groups is 2. The topological polar surface area (TPSA) is 79.5 Å². The van der Waals surface area contributed by atoms with Crippen molar-refractivity contribution in [3.63, 3.8) is 0 Å². The Labute approximate surface area is 141 Å². The van der Waals surface area contributed by atoms with Gasteiger partial charge in [-0.3, -0.25) is 9.59 Å². The number of amides is 2. The second-order valence-corrected chi connectivity index (χ2v) is 5.34. The first-order valence-electron chi connectivity index (χ1n) is 7.57. The third kappa shape index (κ3) is 5.01. The first-order valence-corrected chi connectivity index (χ1v) is 7.57. The van der Waals surface area contributed by atoms with Gasteiger partial charge in [0.2, 0.25) is 11.8 Å². The molecule has 0 saturated heterocycles. The molecule has 126 valence electrons. The zero-order chi connectivity index (χ0) is 17.5. The molecule has 0 spiro atoms. The lowest BCUT2D eigenvalue weighted by molar-refractivity contribution is -0.116. The first kappa shape index (κ1) is 17.3. The number of ether oxygens (including phenoxy) is 1. The lowest BCUT2D eigenvalue weighted by Crippen LogP contribution is -2.31. The maximum Gasteiger partial charge on any atom is 0.246 e. The quantitative estimate of drug-likeness (QED) is 0.762. The number of benzene rings is 2. The Morgan fingerprint density at radius 1 is 0.875 bits per heavy atom. The summed E-state index contributed by atoms with van der Waals surface area (Å²) in [6, 6.07) is 13.9. The fourth-order valence-corrected chi connectivity index (χ4v) is 2.09. The number of carbonyl (C=O) groups excluding carboxylic acids is 2. The maximum atomic E-state index is 12.2. The summed E-state index contributed by atoms with van der Waals surface area (Å²) in [6.07, 6.45) is 0. The summed E-state index contributed by atoms with van der Waals surface area (Å²) in [5, 5.41) is 8.65. The van der Waals surface area contributed by atoms with Gasteiger partial charge >= 0.3 is 0 Å². The van der Waals surface area contributed by atoms with Crippen molar-refractivity contribution in [2.75, 3.05) is 23.1 Å². The lowest BCUT2D eigenvalue weighted by Gasteiger charge is -2.16. The average molecular weight is 327 g/mol. The van der Waals surface area contributed by atoms with E-state index in [9.17, 15) is 9.59 Å². The van der Waals surface area contributed by atoms with Crippen molar-refractivity contribution in [3.05, 3.63) is 48.5 Å². The van der Waals surface area contributed by atoms with E-state index < -0.39 is 6.04 Å². The van der Waals surface area contributed by atoms with Gasteiger partial charge in [0.15, 0.2) is 0 Å². The van der Waals surface area contributed by atoms with E-state index in [0.717, 1.165) is 11.4 Å². The van der Waals surface area contributed by atoms with E-state index in [1.165, 1.54) is 6.92 Å². The molecule has 0 radical (unpaired) electrons. The fraction of sp³-hybridized carbons (Fsp3) is 0.222. The number of methoxy groups -OCH3 is 1. The Kier molecular flexibility index (Phi) is 5.78. The smallest absolute Gasteiger partial charge is 0.246 e. The summed E-state index contributed by atoms with van der Waals surface area (Å²) >= 11 is 0. The molecule has 6 nitrogen and oxygen atoms in total. The van der Waals surface area contributed by atoms with Crippen molar-refractivity contribution < 1.29 is 14.3 Å². The molecule has 0 aliphatic carbocycles. The third-order valence-corrected chi connectivity index (χ3v) is 3.34. The van der Waals surface area contributed by atoms with Crippen LogP contribution in [0.5, 0.6) is 5.75 Å². The van der Waals surface area contributed by atoms with Crippen molar-refractivity contribution in [2.45, 2.75) is 19.9 Å². The predicted molar refractivity (Wildman–Crippen MR) is 95.5 cm³/mol. The molecular formula is C18H21N3O3. The van der Waals surface area contributed by atoms with E-state index in [1.807, 2.05) is 12.1 Å². The Bertz CT molecular complexity index is 696. The van der Waals surface area contributed by atoms with Crippen LogP contribution in [0.2, 0.25) is 0 Å². The average Bonchev–Trinajstić information content (AvgIpc) is 2.56. The molecule has 3 N–H and O–H groups in total. The van der Waals surface area contributed by atoms with Crippen LogP contribution in [-0.2, 0) is 9.59 Å². The number of anilines is 3. The Balaban J connectivity index is 1.91. The lowest BCUT2D eigenvalue weighted by atomic mass is 10.2. The molecule has 0 aliphatic heterocycles. The molecule has 0 fully saturated rings. The Morgan fingerprint density at radius 2 is 1.38 bits per heavy atom. The van der Waals surface area contributed by atoms with Crippen LogP contribution >= 0.6 is 0 Å². The highest BCUT2D eigenvalue weighted by molar-refractivity contribution is 5.96. The van der Waals surface area contributed by atoms with Crippen LogP contribution in [-0.4, -0.2) is 25.0 Å². The maximum absolute atomic E-state index is 12.2. The molecule has 0 heterocycles. The molecule has 6 heteroatoms. The van der Waals surface area contributed by atoms with Gasteiger partial charge in [0.25, 0.3) is 0 Å². The zero-order valence-corrected chi connectivity index (χ0v) is 13.9. The van der Waals surface area contributed by atoms with Gasteiger partial charge in [0, 0.05) is 24.0 Å². The summed E-state index contributed by atoms with van der Waals surface area (Å²) in [4.78, 5) is 23.2. The molecule has 0 aromatic heterocycles. The van der Waals surface area contributed by atoms with Crippen LogP contribution in [0.25, 0.3) is 0 Å². The molecule has 24 heavy (non-hydrogen) atoms. The van der Waals surface area contributed by atoms with Gasteiger partial charge < -0.3 is 20.7 Å². The SMILES string of the molecule is COc1ccc(NC(=O)C(C)Nc2ccc(NC(C)=O)cc2)cc1. The molecule has 2 rings (SSSR count). The van der Waals surface area contributed by atoms with Gasteiger partial charge in [-0.2, -0.15) is 0 Å². The molecule has 2 aromatic rings. The third-order valence-electron chi connectivity index (χ3n) is 3.34. The summed E-state index contributed by atoms with van der Waals surface area (Å²) in [7, 11) is 1.59. The molecule has 1 atom stereocenters. The number of hydrogen-bond acceptors (Lipinski definition) is 4. The van der Waals surface area contributed by atoms with E-state index in [2.05, 4.69) is 16.0 Å². The van der Waals surface area contributed by atoms with Crippen LogP contribution in [0.15, 0.2) is 48.5 Å². The van der Waals surface area contributed by atoms with Gasteiger partial charge in [0.05, 0.1) is 7.11 Å². The van der Waals surface area contributed by atoms with Crippen molar-refractivity contribution in [1.82, 2.24) is 0 Å². The molecule has 1 unspecified atom stereocenters. The van der Waals surface area contributed by atoms with Crippen LogP contribution in [0.1, 0.15) is 13.8 Å². The Morgan fingerprint density at radius 3 is 1.92 bits per heavy atom. The first-order chi connectivity index (χ1) is 11.5. The van der Waals surface area contributed by atoms with Gasteiger partial charge in [-0.15, -0.1) is 0 Å². The van der Waals surface area contributed by atoms with Crippen LogP contribution < -0.4 is 20.7 Å². The van der Waals surface area contributed by atoms with Gasteiger partial charge in [-0.05, 0) is 55.5 Å². The van der Waals surface area contributed by atoms with Gasteiger partial charge in [-0.1, -0.05) is 0 Å². The van der Waals surface area contributed by atoms with Crippen molar-refractivity contribution >= 4 is 28.9 Å². The highest BCUT2D eigenvalue weighted by atomic mass is 16.5. The molecule has 2 amide bonds. The van der Waals surface area contributed by atoms with Crippen molar-refractivity contribution in [1.29, 1.82) is 0 Å². The Hall–Kier alpha value is -3.02. The largest absolute Gasteiger partial charge is 0.497 e. The van der Waals surface area contributed by atoms with Crippen molar-refractivity contribution in [3.8, 4) is 5.75 Å².